The van der Waals surface area contributed by atoms with Crippen molar-refractivity contribution in [2.75, 3.05) is 0 Å². The number of nitrogens with one attached hydrogen (secondary N) is 1. The minimum atomic E-state index is -0.144. The van der Waals surface area contributed by atoms with Crippen LogP contribution in [0.25, 0.3) is 10.9 Å². The van der Waals surface area contributed by atoms with E-state index in [4.69, 9.17) is 16.0 Å². The number of fused-ring (bicyclic) bond motifs is 1. The van der Waals surface area contributed by atoms with Gasteiger partial charge in [0.2, 0.25) is 5.91 Å². The second-order valence-electron chi connectivity index (χ2n) is 8.88. The second kappa shape index (κ2) is 10.2. The van der Waals surface area contributed by atoms with Gasteiger partial charge in [-0.3, -0.25) is 4.79 Å². The van der Waals surface area contributed by atoms with Gasteiger partial charge < -0.3 is 14.3 Å². The van der Waals surface area contributed by atoms with E-state index >= 15 is 0 Å². The van der Waals surface area contributed by atoms with Gasteiger partial charge in [-0.2, -0.15) is 0 Å². The predicted octanol–water partition coefficient (Wildman–Crippen LogP) is 7.08. The molecule has 2 aromatic heterocycles. The molecule has 3 aromatic carbocycles. The van der Waals surface area contributed by atoms with E-state index in [1.165, 1.54) is 11.1 Å². The fraction of sp³-hybridized carbons (Fsp3) is 0.167. The summed E-state index contributed by atoms with van der Waals surface area (Å²) in [6.07, 6.45) is 4.11. The Bertz CT molecular complexity index is 1440. The molecule has 0 fully saturated rings. The number of carbonyl (C=O) groups excluding carboxylic acids is 1. The normalized spacial score (nSPS) is 12.1. The summed E-state index contributed by atoms with van der Waals surface area (Å²) in [6.45, 7) is 3.22. The zero-order valence-corrected chi connectivity index (χ0v) is 20.3. The lowest BCUT2D eigenvalue weighted by Crippen LogP contribution is -2.24. The van der Waals surface area contributed by atoms with Gasteiger partial charge in [-0.05, 0) is 53.9 Å². The maximum absolute atomic E-state index is 13.1. The number of aromatic nitrogens is 1. The highest BCUT2D eigenvalue weighted by Gasteiger charge is 2.23. The fourth-order valence-corrected chi connectivity index (χ4v) is 4.76. The lowest BCUT2D eigenvalue weighted by Gasteiger charge is -2.17. The van der Waals surface area contributed by atoms with Gasteiger partial charge in [-0.1, -0.05) is 71.8 Å². The number of amides is 1. The van der Waals surface area contributed by atoms with Crippen LogP contribution in [-0.2, 0) is 17.9 Å². The van der Waals surface area contributed by atoms with Gasteiger partial charge >= 0.3 is 0 Å². The first-order valence-electron chi connectivity index (χ1n) is 11.7. The molecule has 35 heavy (non-hydrogen) atoms. The Labute approximate surface area is 210 Å². The molecule has 0 radical (unpaired) electrons. The third-order valence-corrected chi connectivity index (χ3v) is 6.58. The molecule has 0 saturated carbocycles. The molecule has 5 aromatic rings. The number of rotatable bonds is 8. The van der Waals surface area contributed by atoms with E-state index in [0.717, 1.165) is 34.3 Å². The number of aryl methyl sites for hydroxylation is 1. The molecule has 0 bridgehead atoms. The summed E-state index contributed by atoms with van der Waals surface area (Å²) in [7, 11) is 0. The summed E-state index contributed by atoms with van der Waals surface area (Å²) in [5, 5.41) is 4.80. The molecule has 0 aliphatic carbocycles. The molecule has 1 unspecified atom stereocenters. The fourth-order valence-electron chi connectivity index (χ4n) is 4.56. The Morgan fingerprint density at radius 2 is 1.83 bits per heavy atom. The summed E-state index contributed by atoms with van der Waals surface area (Å²) in [5.74, 6) is 0.545. The quantitative estimate of drug-likeness (QED) is 0.257. The SMILES string of the molecule is Cc1ccc(Cn2cc(C(CC(=O)NCc3ccco3)c3cccc(Cl)c3)c3ccccc32)cc1. The van der Waals surface area contributed by atoms with Gasteiger partial charge in [0.1, 0.15) is 5.76 Å². The summed E-state index contributed by atoms with van der Waals surface area (Å²) in [4.78, 5) is 13.1. The molecule has 5 heteroatoms. The van der Waals surface area contributed by atoms with E-state index in [-0.39, 0.29) is 11.8 Å². The third-order valence-electron chi connectivity index (χ3n) is 6.35. The first-order chi connectivity index (χ1) is 17.1. The predicted molar refractivity (Wildman–Crippen MR) is 141 cm³/mol. The van der Waals surface area contributed by atoms with Crippen LogP contribution in [0.5, 0.6) is 0 Å². The van der Waals surface area contributed by atoms with Crippen LogP contribution in [0.4, 0.5) is 0 Å². The van der Waals surface area contributed by atoms with Crippen LogP contribution in [0, 0.1) is 6.92 Å². The molecule has 176 valence electrons. The van der Waals surface area contributed by atoms with Crippen molar-refractivity contribution in [1.29, 1.82) is 0 Å². The monoisotopic (exact) mass is 482 g/mol. The first-order valence-corrected chi connectivity index (χ1v) is 12.1. The smallest absolute Gasteiger partial charge is 0.221 e. The van der Waals surface area contributed by atoms with Gasteiger partial charge in [-0.15, -0.1) is 0 Å². The van der Waals surface area contributed by atoms with Crippen molar-refractivity contribution in [3.05, 3.63) is 130 Å². The Kier molecular flexibility index (Phi) is 6.73. The number of para-hydroxylation sites is 1. The Hall–Kier alpha value is -3.76. The number of halogens is 1. The molecule has 0 aliphatic heterocycles. The third kappa shape index (κ3) is 5.33. The van der Waals surface area contributed by atoms with Crippen molar-refractivity contribution >= 4 is 28.4 Å². The van der Waals surface area contributed by atoms with Crippen molar-refractivity contribution in [3.8, 4) is 0 Å². The number of carbonyl (C=O) groups is 1. The number of hydrogen-bond donors (Lipinski definition) is 1. The minimum Gasteiger partial charge on any atom is -0.467 e. The first kappa shape index (κ1) is 23.0. The van der Waals surface area contributed by atoms with Gasteiger partial charge in [0.25, 0.3) is 0 Å². The number of nitrogens with zero attached hydrogens (tertiary/aromatic N) is 1. The molecule has 1 atom stereocenters. The van der Waals surface area contributed by atoms with E-state index in [9.17, 15) is 4.79 Å². The van der Waals surface area contributed by atoms with E-state index in [1.807, 2.05) is 42.5 Å². The highest BCUT2D eigenvalue weighted by molar-refractivity contribution is 6.30. The second-order valence-corrected chi connectivity index (χ2v) is 9.32. The summed E-state index contributed by atoms with van der Waals surface area (Å²) in [5.41, 5.74) is 5.75. The van der Waals surface area contributed by atoms with Crippen LogP contribution in [0.2, 0.25) is 5.02 Å². The van der Waals surface area contributed by atoms with E-state index in [1.54, 1.807) is 6.26 Å². The van der Waals surface area contributed by atoms with Crippen molar-refractivity contribution in [2.24, 2.45) is 0 Å². The number of benzene rings is 3. The van der Waals surface area contributed by atoms with Crippen molar-refractivity contribution in [1.82, 2.24) is 9.88 Å². The van der Waals surface area contributed by atoms with E-state index in [0.29, 0.717) is 18.0 Å². The summed E-state index contributed by atoms with van der Waals surface area (Å²) < 4.78 is 7.63. The van der Waals surface area contributed by atoms with Crippen molar-refractivity contribution in [3.63, 3.8) is 0 Å². The Morgan fingerprint density at radius 3 is 2.60 bits per heavy atom. The molecule has 0 aliphatic rings. The molecule has 1 amide bonds. The Morgan fingerprint density at radius 1 is 1.00 bits per heavy atom. The van der Waals surface area contributed by atoms with Crippen LogP contribution in [-0.4, -0.2) is 10.5 Å². The molecule has 5 rings (SSSR count). The van der Waals surface area contributed by atoms with Crippen LogP contribution in [0.3, 0.4) is 0 Å². The summed E-state index contributed by atoms with van der Waals surface area (Å²) >= 11 is 6.37. The van der Waals surface area contributed by atoms with Crippen LogP contribution in [0.15, 0.2) is 102 Å². The van der Waals surface area contributed by atoms with E-state index < -0.39 is 0 Å². The topological polar surface area (TPSA) is 47.2 Å². The molecule has 0 spiro atoms. The highest BCUT2D eigenvalue weighted by atomic mass is 35.5. The van der Waals surface area contributed by atoms with Crippen molar-refractivity contribution < 1.29 is 9.21 Å². The molecule has 0 saturated heterocycles. The van der Waals surface area contributed by atoms with Crippen LogP contribution in [0.1, 0.15) is 40.4 Å². The number of furan rings is 1. The van der Waals surface area contributed by atoms with Gasteiger partial charge in [0, 0.05) is 41.0 Å². The molecular formula is C30H27ClN2O2. The van der Waals surface area contributed by atoms with Gasteiger partial charge in [0.05, 0.1) is 12.8 Å². The lowest BCUT2D eigenvalue weighted by molar-refractivity contribution is -0.121. The van der Waals surface area contributed by atoms with Gasteiger partial charge in [0.15, 0.2) is 0 Å². The van der Waals surface area contributed by atoms with Gasteiger partial charge in [-0.25, -0.2) is 0 Å². The minimum absolute atomic E-state index is 0.0401. The molecule has 2 heterocycles. The lowest BCUT2D eigenvalue weighted by atomic mass is 9.88. The van der Waals surface area contributed by atoms with Crippen LogP contribution >= 0.6 is 11.6 Å². The maximum Gasteiger partial charge on any atom is 0.221 e. The average Bonchev–Trinajstić information content (AvgIpc) is 3.51. The highest BCUT2D eigenvalue weighted by Crippen LogP contribution is 2.36. The number of hydrogen-bond acceptors (Lipinski definition) is 2. The van der Waals surface area contributed by atoms with Crippen molar-refractivity contribution in [2.45, 2.75) is 32.4 Å². The molecular weight excluding hydrogens is 456 g/mol. The summed E-state index contributed by atoms with van der Waals surface area (Å²) in [6, 6.07) is 28.5. The maximum atomic E-state index is 13.1. The van der Waals surface area contributed by atoms with Crippen LogP contribution < -0.4 is 5.32 Å². The molecule has 1 N–H and O–H groups in total. The van der Waals surface area contributed by atoms with E-state index in [2.05, 4.69) is 65.5 Å². The molecule has 4 nitrogen and oxygen atoms in total. The zero-order valence-electron chi connectivity index (χ0n) is 19.6. The standard InChI is InChI=1S/C30H27ClN2O2/c1-21-11-13-22(14-12-21)19-33-20-28(26-9-2-3-10-29(26)33)27(23-6-4-7-24(31)16-23)17-30(34)32-18-25-8-5-15-35-25/h2-16,20,27H,17-19H2,1H3,(H,32,34). The average molecular weight is 483 g/mol. The zero-order chi connectivity index (χ0) is 24.2. The Balaban J connectivity index is 1.51. The largest absolute Gasteiger partial charge is 0.467 e.